The van der Waals surface area contributed by atoms with Crippen LogP contribution < -0.4 is 15.5 Å². The molecule has 160 valence electrons. The third-order valence-corrected chi connectivity index (χ3v) is 4.70. The maximum absolute atomic E-state index is 12.3. The van der Waals surface area contributed by atoms with Gasteiger partial charge in [-0.3, -0.25) is 9.78 Å². The zero-order valence-electron chi connectivity index (χ0n) is 17.2. The van der Waals surface area contributed by atoms with Crippen LogP contribution in [-0.2, 0) is 0 Å². The Kier molecular flexibility index (Phi) is 8.25. The molecule has 5 nitrogen and oxygen atoms in total. The Morgan fingerprint density at radius 2 is 1.52 bits per heavy atom. The molecule has 0 spiro atoms. The highest BCUT2D eigenvalue weighted by molar-refractivity contribution is 6.04. The van der Waals surface area contributed by atoms with Crippen molar-refractivity contribution in [1.82, 2.24) is 4.98 Å². The molecule has 2 N–H and O–H groups in total. The Morgan fingerprint density at radius 3 is 2.19 bits per heavy atom. The molecule has 1 heterocycles. The predicted molar refractivity (Wildman–Crippen MR) is 135 cm³/mol. The second-order valence-corrected chi connectivity index (χ2v) is 6.98. The van der Waals surface area contributed by atoms with Gasteiger partial charge in [0.05, 0.1) is 5.52 Å². The average molecular weight is 455 g/mol. The summed E-state index contributed by atoms with van der Waals surface area (Å²) in [7, 11) is 4.04. The lowest BCUT2D eigenvalue weighted by Gasteiger charge is -2.15. The van der Waals surface area contributed by atoms with Crippen molar-refractivity contribution in [1.29, 1.82) is 0 Å². The number of fused-ring (bicyclic) bond motifs is 1. The highest BCUT2D eigenvalue weighted by Gasteiger charge is 2.07. The lowest BCUT2D eigenvalue weighted by Crippen LogP contribution is -2.11. The Balaban J connectivity index is 0.00000171. The van der Waals surface area contributed by atoms with Gasteiger partial charge in [0.1, 0.15) is 0 Å². The van der Waals surface area contributed by atoms with E-state index in [1.54, 1.807) is 18.3 Å². The van der Waals surface area contributed by atoms with E-state index in [1.165, 1.54) is 0 Å². The van der Waals surface area contributed by atoms with Crippen molar-refractivity contribution >= 4 is 64.4 Å². The van der Waals surface area contributed by atoms with Crippen LogP contribution in [-0.4, -0.2) is 25.0 Å². The Morgan fingerprint density at radius 1 is 0.839 bits per heavy atom. The molecule has 0 aliphatic carbocycles. The zero-order chi connectivity index (χ0) is 20.2. The number of rotatable bonds is 5. The van der Waals surface area contributed by atoms with Crippen molar-refractivity contribution < 1.29 is 4.79 Å². The van der Waals surface area contributed by atoms with Crippen molar-refractivity contribution in [2.75, 3.05) is 29.6 Å². The molecule has 0 aliphatic rings. The first-order valence-corrected chi connectivity index (χ1v) is 9.40. The number of anilines is 4. The minimum atomic E-state index is -0.123. The molecule has 0 radical (unpaired) electrons. The van der Waals surface area contributed by atoms with Crippen molar-refractivity contribution in [3.05, 3.63) is 90.6 Å². The van der Waals surface area contributed by atoms with Crippen LogP contribution >= 0.6 is 24.8 Å². The Labute approximate surface area is 194 Å². The van der Waals surface area contributed by atoms with E-state index in [0.717, 1.165) is 33.7 Å². The standard InChI is InChI=1S/C24H22N4O.2ClH/c1-28(2)20-12-13-22-21(16-20)23(14-15-25-22)26-18-8-10-19(11-9-18)27-24(29)17-6-4-3-5-7-17;;/h3-16H,1-2H3,(H,25,26)(H,27,29);2*1H. The van der Waals surface area contributed by atoms with Crippen LogP contribution in [0.5, 0.6) is 0 Å². The number of benzene rings is 3. The molecule has 3 aromatic carbocycles. The molecule has 4 rings (SSSR count). The smallest absolute Gasteiger partial charge is 0.255 e. The van der Waals surface area contributed by atoms with Gasteiger partial charge in [-0.1, -0.05) is 18.2 Å². The van der Waals surface area contributed by atoms with Crippen LogP contribution in [0.3, 0.4) is 0 Å². The zero-order valence-corrected chi connectivity index (χ0v) is 18.8. The van der Waals surface area contributed by atoms with Crippen LogP contribution in [0.4, 0.5) is 22.7 Å². The molecule has 0 aliphatic heterocycles. The van der Waals surface area contributed by atoms with Crippen LogP contribution in [0.1, 0.15) is 10.4 Å². The fourth-order valence-electron chi connectivity index (χ4n) is 3.11. The van der Waals surface area contributed by atoms with Crippen LogP contribution in [0.15, 0.2) is 85.1 Å². The number of nitrogens with zero attached hydrogens (tertiary/aromatic N) is 2. The van der Waals surface area contributed by atoms with E-state index in [9.17, 15) is 4.79 Å². The van der Waals surface area contributed by atoms with Gasteiger partial charge in [-0.05, 0) is 60.7 Å². The van der Waals surface area contributed by atoms with Gasteiger partial charge < -0.3 is 15.5 Å². The monoisotopic (exact) mass is 454 g/mol. The lowest BCUT2D eigenvalue weighted by atomic mass is 10.1. The van der Waals surface area contributed by atoms with Crippen LogP contribution in [0.2, 0.25) is 0 Å². The third kappa shape index (κ3) is 5.66. The van der Waals surface area contributed by atoms with E-state index in [0.29, 0.717) is 5.56 Å². The number of hydrogen-bond donors (Lipinski definition) is 2. The number of halogens is 2. The van der Waals surface area contributed by atoms with Gasteiger partial charge in [-0.15, -0.1) is 24.8 Å². The highest BCUT2D eigenvalue weighted by Crippen LogP contribution is 2.28. The van der Waals surface area contributed by atoms with E-state index in [4.69, 9.17) is 0 Å². The van der Waals surface area contributed by atoms with Gasteiger partial charge >= 0.3 is 0 Å². The fraction of sp³-hybridized carbons (Fsp3) is 0.0833. The van der Waals surface area contributed by atoms with Gasteiger partial charge in [-0.2, -0.15) is 0 Å². The number of aromatic nitrogens is 1. The lowest BCUT2D eigenvalue weighted by molar-refractivity contribution is 0.102. The third-order valence-electron chi connectivity index (χ3n) is 4.70. The number of carbonyl (C=O) groups excluding carboxylic acids is 1. The van der Waals surface area contributed by atoms with Gasteiger partial charge in [0.25, 0.3) is 5.91 Å². The van der Waals surface area contributed by atoms with E-state index < -0.39 is 0 Å². The van der Waals surface area contributed by atoms with E-state index in [2.05, 4.69) is 32.7 Å². The van der Waals surface area contributed by atoms with Crippen molar-refractivity contribution in [3.8, 4) is 0 Å². The van der Waals surface area contributed by atoms with Gasteiger partial charge in [0, 0.05) is 54.0 Å². The molecule has 31 heavy (non-hydrogen) atoms. The molecule has 0 atom stereocenters. The minimum Gasteiger partial charge on any atom is -0.378 e. The molecule has 0 fully saturated rings. The predicted octanol–water partition coefficient (Wildman–Crippen LogP) is 6.14. The molecule has 7 heteroatoms. The fourth-order valence-corrected chi connectivity index (χ4v) is 3.11. The minimum absolute atomic E-state index is 0. The topological polar surface area (TPSA) is 57.3 Å². The number of amides is 1. The summed E-state index contributed by atoms with van der Waals surface area (Å²) < 4.78 is 0. The summed E-state index contributed by atoms with van der Waals surface area (Å²) in [5, 5.41) is 7.43. The summed E-state index contributed by atoms with van der Waals surface area (Å²) in [5.74, 6) is -0.123. The SMILES string of the molecule is CN(C)c1ccc2nccc(Nc3ccc(NC(=O)c4ccccc4)cc3)c2c1.Cl.Cl. The van der Waals surface area contributed by atoms with Crippen molar-refractivity contribution in [2.45, 2.75) is 0 Å². The number of hydrogen-bond acceptors (Lipinski definition) is 4. The molecule has 1 aromatic heterocycles. The Hall–Kier alpha value is -3.28. The van der Waals surface area contributed by atoms with Crippen LogP contribution in [0, 0.1) is 0 Å². The summed E-state index contributed by atoms with van der Waals surface area (Å²) in [5.41, 5.74) is 5.36. The first-order chi connectivity index (χ1) is 14.1. The average Bonchev–Trinajstić information content (AvgIpc) is 2.75. The summed E-state index contributed by atoms with van der Waals surface area (Å²) in [4.78, 5) is 18.8. The van der Waals surface area contributed by atoms with E-state index in [1.807, 2.05) is 68.7 Å². The molecule has 1 amide bonds. The largest absolute Gasteiger partial charge is 0.378 e. The number of nitrogens with one attached hydrogen (secondary N) is 2. The van der Waals surface area contributed by atoms with E-state index in [-0.39, 0.29) is 30.7 Å². The van der Waals surface area contributed by atoms with Gasteiger partial charge in [-0.25, -0.2) is 0 Å². The molecular formula is C24H24Cl2N4O. The molecule has 0 saturated heterocycles. The molecule has 4 aromatic rings. The number of carbonyl (C=O) groups is 1. The summed E-state index contributed by atoms with van der Waals surface area (Å²) in [6.45, 7) is 0. The maximum Gasteiger partial charge on any atom is 0.255 e. The van der Waals surface area contributed by atoms with Crippen molar-refractivity contribution in [3.63, 3.8) is 0 Å². The Bertz CT molecular complexity index is 1150. The molecule has 0 saturated carbocycles. The second-order valence-electron chi connectivity index (χ2n) is 6.98. The quantitative estimate of drug-likeness (QED) is 0.380. The maximum atomic E-state index is 12.3. The number of pyridine rings is 1. The molecule has 0 bridgehead atoms. The van der Waals surface area contributed by atoms with Gasteiger partial charge in [0.2, 0.25) is 0 Å². The summed E-state index contributed by atoms with van der Waals surface area (Å²) >= 11 is 0. The van der Waals surface area contributed by atoms with E-state index >= 15 is 0 Å². The highest BCUT2D eigenvalue weighted by atomic mass is 35.5. The first kappa shape index (κ1) is 24.0. The first-order valence-electron chi connectivity index (χ1n) is 9.40. The molecule has 0 unspecified atom stereocenters. The summed E-state index contributed by atoms with van der Waals surface area (Å²) in [6, 6.07) is 25.0. The summed E-state index contributed by atoms with van der Waals surface area (Å²) in [6.07, 6.45) is 1.80. The normalized spacial score (nSPS) is 9.87. The van der Waals surface area contributed by atoms with Crippen LogP contribution in [0.25, 0.3) is 10.9 Å². The molecular weight excluding hydrogens is 431 g/mol. The van der Waals surface area contributed by atoms with Crippen molar-refractivity contribution in [2.24, 2.45) is 0 Å². The van der Waals surface area contributed by atoms with Gasteiger partial charge in [0.15, 0.2) is 0 Å². The second kappa shape index (κ2) is 10.7.